The van der Waals surface area contributed by atoms with Gasteiger partial charge in [-0.2, -0.15) is 4.98 Å². The first-order chi connectivity index (χ1) is 14.2. The van der Waals surface area contributed by atoms with Crippen molar-refractivity contribution in [1.82, 2.24) is 19.9 Å². The van der Waals surface area contributed by atoms with Crippen LogP contribution < -0.4 is 16.8 Å². The van der Waals surface area contributed by atoms with Crippen LogP contribution in [0.1, 0.15) is 16.7 Å². The number of nitrogen functional groups attached to an aromatic ring is 1. The average Bonchev–Trinajstić information content (AvgIpc) is 3.38. The number of benzene rings is 2. The van der Waals surface area contributed by atoms with Crippen molar-refractivity contribution in [1.29, 1.82) is 0 Å². The lowest BCUT2D eigenvalue weighted by atomic mass is 10.1. The molecule has 3 heterocycles. The van der Waals surface area contributed by atoms with Crippen molar-refractivity contribution >= 4 is 39.3 Å². The summed E-state index contributed by atoms with van der Waals surface area (Å²) in [7, 11) is 0. The van der Waals surface area contributed by atoms with Crippen molar-refractivity contribution in [2.75, 3.05) is 11.1 Å². The normalized spacial score (nSPS) is 11.3. The summed E-state index contributed by atoms with van der Waals surface area (Å²) in [5.74, 6) is 0.931. The molecule has 0 unspecified atom stereocenters. The first-order valence-corrected chi connectivity index (χ1v) is 9.44. The van der Waals surface area contributed by atoms with E-state index in [1.165, 1.54) is 5.39 Å². The molecule has 0 saturated heterocycles. The summed E-state index contributed by atoms with van der Waals surface area (Å²) in [6.07, 6.45) is 6.30. The quantitative estimate of drug-likeness (QED) is 0.316. The van der Waals surface area contributed by atoms with Crippen molar-refractivity contribution < 1.29 is 0 Å². The molecule has 0 atom stereocenters. The van der Waals surface area contributed by atoms with Crippen molar-refractivity contribution in [3.8, 4) is 0 Å². The fourth-order valence-electron chi connectivity index (χ4n) is 3.62. The summed E-state index contributed by atoms with van der Waals surface area (Å²) in [5, 5.41) is 5.50. The van der Waals surface area contributed by atoms with Crippen LogP contribution in [0.2, 0.25) is 0 Å². The first-order valence-electron chi connectivity index (χ1n) is 9.44. The molecule has 29 heavy (non-hydrogen) atoms. The van der Waals surface area contributed by atoms with Gasteiger partial charge in [0, 0.05) is 53.5 Å². The molecule has 0 amide bonds. The number of aromatic nitrogens is 4. The smallest absolute Gasteiger partial charge is 0.229 e. The van der Waals surface area contributed by atoms with E-state index in [-0.39, 0.29) is 0 Å². The molecule has 0 aliphatic carbocycles. The third-order valence-electron chi connectivity index (χ3n) is 5.12. The minimum Gasteiger partial charge on any atom is -0.383 e. The molecular weight excluding hydrogens is 362 g/mol. The molecule has 3 aromatic heterocycles. The fraction of sp³-hybridized carbons (Fsp3) is 0.0909. The van der Waals surface area contributed by atoms with E-state index in [0.717, 1.165) is 38.8 Å². The Balaban J connectivity index is 1.42. The van der Waals surface area contributed by atoms with Gasteiger partial charge in [-0.1, -0.05) is 6.07 Å². The Labute approximate surface area is 167 Å². The highest BCUT2D eigenvalue weighted by molar-refractivity contribution is 5.94. The summed E-state index contributed by atoms with van der Waals surface area (Å²) < 4.78 is 0. The Bertz CT molecular complexity index is 1320. The van der Waals surface area contributed by atoms with Gasteiger partial charge in [-0.05, 0) is 52.9 Å². The Morgan fingerprint density at radius 3 is 2.66 bits per heavy atom. The number of anilines is 3. The van der Waals surface area contributed by atoms with Crippen LogP contribution in [-0.2, 0) is 13.0 Å². The van der Waals surface area contributed by atoms with Crippen molar-refractivity contribution in [3.05, 3.63) is 77.7 Å². The Morgan fingerprint density at radius 2 is 1.79 bits per heavy atom. The molecule has 7 heteroatoms. The lowest BCUT2D eigenvalue weighted by Gasteiger charge is -2.11. The SMILES string of the molecule is NCc1cc(Nc2ncc(Cc3ccc4[nH]ccc4c3)c(N)n2)c2cc[nH]c2c1. The van der Waals surface area contributed by atoms with E-state index in [4.69, 9.17) is 11.5 Å². The van der Waals surface area contributed by atoms with Crippen molar-refractivity contribution in [3.63, 3.8) is 0 Å². The highest BCUT2D eigenvalue weighted by Gasteiger charge is 2.10. The average molecular weight is 383 g/mol. The zero-order valence-corrected chi connectivity index (χ0v) is 15.7. The highest BCUT2D eigenvalue weighted by atomic mass is 15.1. The number of nitrogens with one attached hydrogen (secondary N) is 3. The van der Waals surface area contributed by atoms with E-state index in [9.17, 15) is 0 Å². The van der Waals surface area contributed by atoms with Gasteiger partial charge in [-0.15, -0.1) is 0 Å². The number of fused-ring (bicyclic) bond motifs is 2. The van der Waals surface area contributed by atoms with E-state index in [0.29, 0.717) is 24.7 Å². The number of nitrogens with two attached hydrogens (primary N) is 2. The van der Waals surface area contributed by atoms with Gasteiger partial charge in [0.1, 0.15) is 5.82 Å². The molecule has 0 radical (unpaired) electrons. The molecule has 0 aliphatic rings. The first kappa shape index (κ1) is 17.3. The molecule has 0 aliphatic heterocycles. The minimum absolute atomic E-state index is 0.455. The number of aromatic amines is 2. The predicted molar refractivity (Wildman–Crippen MR) is 117 cm³/mol. The third kappa shape index (κ3) is 3.28. The van der Waals surface area contributed by atoms with E-state index in [1.807, 2.05) is 30.6 Å². The Morgan fingerprint density at radius 1 is 0.931 bits per heavy atom. The third-order valence-corrected chi connectivity index (χ3v) is 5.12. The highest BCUT2D eigenvalue weighted by Crippen LogP contribution is 2.27. The van der Waals surface area contributed by atoms with Gasteiger partial charge in [0.2, 0.25) is 5.95 Å². The summed E-state index contributed by atoms with van der Waals surface area (Å²) >= 11 is 0. The largest absolute Gasteiger partial charge is 0.383 e. The maximum absolute atomic E-state index is 6.24. The minimum atomic E-state index is 0.455. The zero-order valence-electron chi connectivity index (χ0n) is 15.7. The van der Waals surface area contributed by atoms with Gasteiger partial charge in [-0.25, -0.2) is 4.98 Å². The summed E-state index contributed by atoms with van der Waals surface area (Å²) in [6.45, 7) is 0.455. The van der Waals surface area contributed by atoms with Gasteiger partial charge >= 0.3 is 0 Å². The van der Waals surface area contributed by atoms with Crippen LogP contribution in [0.5, 0.6) is 0 Å². The van der Waals surface area contributed by atoms with Gasteiger partial charge in [0.15, 0.2) is 0 Å². The van der Waals surface area contributed by atoms with Gasteiger partial charge < -0.3 is 26.8 Å². The predicted octanol–water partition coefficient (Wildman–Crippen LogP) is 3.81. The van der Waals surface area contributed by atoms with Crippen LogP contribution in [0.3, 0.4) is 0 Å². The molecule has 0 fully saturated rings. The molecule has 0 saturated carbocycles. The van der Waals surface area contributed by atoms with Crippen LogP contribution in [0.25, 0.3) is 21.8 Å². The summed E-state index contributed by atoms with van der Waals surface area (Å²) in [4.78, 5) is 15.4. The van der Waals surface area contributed by atoms with Crippen LogP contribution in [0.4, 0.5) is 17.5 Å². The number of nitrogens with zero attached hydrogens (tertiary/aromatic N) is 2. The molecule has 144 valence electrons. The molecule has 2 aromatic carbocycles. The molecule has 0 spiro atoms. The molecule has 7 N–H and O–H groups in total. The summed E-state index contributed by atoms with van der Waals surface area (Å²) in [5.41, 5.74) is 18.2. The van der Waals surface area contributed by atoms with Gasteiger partial charge in [0.05, 0.1) is 5.69 Å². The van der Waals surface area contributed by atoms with E-state index in [1.54, 1.807) is 6.20 Å². The maximum Gasteiger partial charge on any atom is 0.229 e. The Kier molecular flexibility index (Phi) is 4.14. The monoisotopic (exact) mass is 383 g/mol. The van der Waals surface area contributed by atoms with Crippen LogP contribution in [0.15, 0.2) is 61.1 Å². The lowest BCUT2D eigenvalue weighted by Crippen LogP contribution is -2.05. The van der Waals surface area contributed by atoms with E-state index < -0.39 is 0 Å². The maximum atomic E-state index is 6.24. The zero-order chi connectivity index (χ0) is 19.8. The second kappa shape index (κ2) is 6.96. The molecule has 5 rings (SSSR count). The number of H-pyrrole nitrogens is 2. The van der Waals surface area contributed by atoms with Crippen LogP contribution in [0, 0.1) is 0 Å². The second-order valence-electron chi connectivity index (χ2n) is 7.09. The molecule has 0 bridgehead atoms. The van der Waals surface area contributed by atoms with Gasteiger partial charge in [-0.3, -0.25) is 0 Å². The van der Waals surface area contributed by atoms with Crippen LogP contribution in [-0.4, -0.2) is 19.9 Å². The van der Waals surface area contributed by atoms with E-state index >= 15 is 0 Å². The van der Waals surface area contributed by atoms with E-state index in [2.05, 4.69) is 49.5 Å². The Hall–Kier alpha value is -3.84. The molecule has 5 aromatic rings. The lowest BCUT2D eigenvalue weighted by molar-refractivity contribution is 1.07. The standard InChI is InChI=1S/C22H21N7/c23-11-14-9-19-17(4-6-26-19)20(10-14)28-22-27-12-16(21(24)29-22)8-13-1-2-18-15(7-13)3-5-25-18/h1-7,9-10,12,25-26H,8,11,23H2,(H3,24,27,28,29). The van der Waals surface area contributed by atoms with Crippen molar-refractivity contribution in [2.24, 2.45) is 5.73 Å². The summed E-state index contributed by atoms with van der Waals surface area (Å²) in [6, 6.07) is 14.4. The van der Waals surface area contributed by atoms with Gasteiger partial charge in [0.25, 0.3) is 0 Å². The van der Waals surface area contributed by atoms with Crippen molar-refractivity contribution in [2.45, 2.75) is 13.0 Å². The molecular formula is C22H21N7. The van der Waals surface area contributed by atoms with Crippen LogP contribution >= 0.6 is 0 Å². The fourth-order valence-corrected chi connectivity index (χ4v) is 3.62. The number of rotatable bonds is 5. The molecule has 7 nitrogen and oxygen atoms in total. The second-order valence-corrected chi connectivity index (χ2v) is 7.09. The number of hydrogen-bond donors (Lipinski definition) is 5. The number of hydrogen-bond acceptors (Lipinski definition) is 5. The topological polar surface area (TPSA) is 121 Å².